The van der Waals surface area contributed by atoms with Crippen molar-refractivity contribution < 1.29 is 0 Å². The molecule has 0 unspecified atom stereocenters. The molecule has 0 bridgehead atoms. The Balaban J connectivity index is 1.54. The van der Waals surface area contributed by atoms with Crippen LogP contribution in [0.5, 0.6) is 0 Å². The summed E-state index contributed by atoms with van der Waals surface area (Å²) >= 11 is 0. The fourth-order valence-electron chi connectivity index (χ4n) is 3.14. The molecule has 0 radical (unpaired) electrons. The molecule has 1 saturated heterocycles. The molecule has 0 aromatic carbocycles. The maximum atomic E-state index is 4.61. The smallest absolute Gasteiger partial charge is 0.0936 e. The van der Waals surface area contributed by atoms with Crippen molar-refractivity contribution in [2.45, 2.75) is 0 Å². The number of piperazine rings is 1. The maximum Gasteiger partial charge on any atom is 0.0936 e. The third kappa shape index (κ3) is 2.93. The molecule has 3 aromatic rings. The summed E-state index contributed by atoms with van der Waals surface area (Å²) in [6, 6.07) is 12.3. The number of nitrogens with zero attached hydrogens (tertiary/aromatic N) is 5. The molecule has 0 spiro atoms. The van der Waals surface area contributed by atoms with Gasteiger partial charge in [0.25, 0.3) is 0 Å². The summed E-state index contributed by atoms with van der Waals surface area (Å²) in [6.45, 7) is 3.95. The highest BCUT2D eigenvalue weighted by molar-refractivity contribution is 5.75. The van der Waals surface area contributed by atoms with Gasteiger partial charge in [0, 0.05) is 68.4 Å². The van der Waals surface area contributed by atoms with Crippen LogP contribution < -0.4 is 9.80 Å². The van der Waals surface area contributed by atoms with E-state index in [1.54, 1.807) is 0 Å². The molecule has 5 nitrogen and oxygen atoms in total. The first kappa shape index (κ1) is 14.6. The minimum absolute atomic E-state index is 0.978. The Morgan fingerprint density at radius 1 is 0.667 bits per heavy atom. The summed E-state index contributed by atoms with van der Waals surface area (Å²) in [5.41, 5.74) is 4.57. The van der Waals surface area contributed by atoms with Crippen molar-refractivity contribution in [1.82, 2.24) is 15.0 Å². The highest BCUT2D eigenvalue weighted by atomic mass is 15.3. The molecule has 4 rings (SSSR count). The molecule has 0 saturated carbocycles. The van der Waals surface area contributed by atoms with Gasteiger partial charge >= 0.3 is 0 Å². The van der Waals surface area contributed by atoms with Crippen LogP contribution in [0.2, 0.25) is 0 Å². The van der Waals surface area contributed by atoms with Crippen LogP contribution in [-0.4, -0.2) is 41.1 Å². The average molecular weight is 317 g/mol. The normalized spacial score (nSPS) is 14.7. The lowest BCUT2D eigenvalue weighted by Crippen LogP contribution is -2.46. The second-order valence-corrected chi connectivity index (χ2v) is 5.79. The Bertz CT molecular complexity index is 783. The Labute approximate surface area is 141 Å². The largest absolute Gasteiger partial charge is 0.368 e. The highest BCUT2D eigenvalue weighted by Gasteiger charge is 2.20. The molecule has 0 amide bonds. The van der Waals surface area contributed by atoms with Crippen LogP contribution in [-0.2, 0) is 0 Å². The summed E-state index contributed by atoms with van der Waals surface area (Å²) < 4.78 is 0. The Kier molecular flexibility index (Phi) is 4.06. The lowest BCUT2D eigenvalue weighted by molar-refractivity contribution is 0.653. The third-order valence-corrected chi connectivity index (χ3v) is 4.39. The van der Waals surface area contributed by atoms with Gasteiger partial charge in [-0.3, -0.25) is 15.0 Å². The predicted molar refractivity (Wildman–Crippen MR) is 96.1 cm³/mol. The van der Waals surface area contributed by atoms with E-state index in [2.05, 4.69) is 43.0 Å². The molecule has 3 aromatic heterocycles. The Hall–Kier alpha value is -2.95. The zero-order chi connectivity index (χ0) is 16.2. The number of pyridine rings is 3. The SMILES string of the molecule is c1cnc(-c2ccncc2)c(N2CCN(c3ccncc3)CC2)c1. The van der Waals surface area contributed by atoms with Crippen LogP contribution in [0.25, 0.3) is 11.3 Å². The number of anilines is 2. The third-order valence-electron chi connectivity index (χ3n) is 4.39. The molecule has 1 fully saturated rings. The van der Waals surface area contributed by atoms with Crippen molar-refractivity contribution in [3.05, 3.63) is 67.4 Å². The van der Waals surface area contributed by atoms with Gasteiger partial charge in [-0.1, -0.05) is 0 Å². The summed E-state index contributed by atoms with van der Waals surface area (Å²) in [5.74, 6) is 0. The van der Waals surface area contributed by atoms with Gasteiger partial charge in [-0.05, 0) is 36.4 Å². The average Bonchev–Trinajstić information content (AvgIpc) is 2.69. The van der Waals surface area contributed by atoms with E-state index in [-0.39, 0.29) is 0 Å². The van der Waals surface area contributed by atoms with Crippen molar-refractivity contribution in [3.8, 4) is 11.3 Å². The molecule has 0 atom stereocenters. The molecule has 120 valence electrons. The number of aromatic nitrogens is 3. The van der Waals surface area contributed by atoms with E-state index in [9.17, 15) is 0 Å². The number of rotatable bonds is 3. The maximum absolute atomic E-state index is 4.61. The first-order valence-corrected chi connectivity index (χ1v) is 8.17. The van der Waals surface area contributed by atoms with Gasteiger partial charge < -0.3 is 9.80 Å². The van der Waals surface area contributed by atoms with E-state index < -0.39 is 0 Å². The van der Waals surface area contributed by atoms with Crippen molar-refractivity contribution >= 4 is 11.4 Å². The predicted octanol–water partition coefficient (Wildman–Crippen LogP) is 2.87. The van der Waals surface area contributed by atoms with Crippen LogP contribution in [0.15, 0.2) is 67.4 Å². The highest BCUT2D eigenvalue weighted by Crippen LogP contribution is 2.29. The van der Waals surface area contributed by atoms with Gasteiger partial charge in [-0.15, -0.1) is 0 Å². The van der Waals surface area contributed by atoms with E-state index in [0.717, 1.165) is 37.4 Å². The summed E-state index contributed by atoms with van der Waals surface area (Å²) in [5, 5.41) is 0. The van der Waals surface area contributed by atoms with Gasteiger partial charge in [0.15, 0.2) is 0 Å². The molecule has 1 aliphatic rings. The molecule has 0 aliphatic carbocycles. The molecular formula is C19H19N5. The minimum atomic E-state index is 0.978. The molecular weight excluding hydrogens is 298 g/mol. The van der Waals surface area contributed by atoms with Gasteiger partial charge in [0.05, 0.1) is 11.4 Å². The second-order valence-electron chi connectivity index (χ2n) is 5.79. The van der Waals surface area contributed by atoms with Crippen molar-refractivity contribution in [2.75, 3.05) is 36.0 Å². The molecule has 1 aliphatic heterocycles. The van der Waals surface area contributed by atoms with E-state index in [4.69, 9.17) is 0 Å². The quantitative estimate of drug-likeness (QED) is 0.743. The van der Waals surface area contributed by atoms with E-state index in [1.807, 2.05) is 49.2 Å². The fraction of sp³-hybridized carbons (Fsp3) is 0.211. The Morgan fingerprint density at radius 2 is 1.29 bits per heavy atom. The summed E-state index contributed by atoms with van der Waals surface area (Å²) in [4.78, 5) is 17.6. The van der Waals surface area contributed by atoms with Crippen molar-refractivity contribution in [3.63, 3.8) is 0 Å². The van der Waals surface area contributed by atoms with Gasteiger partial charge in [0.1, 0.15) is 0 Å². The topological polar surface area (TPSA) is 45.2 Å². The minimum Gasteiger partial charge on any atom is -0.368 e. The van der Waals surface area contributed by atoms with E-state index >= 15 is 0 Å². The number of hydrogen-bond acceptors (Lipinski definition) is 5. The molecule has 5 heteroatoms. The van der Waals surface area contributed by atoms with Gasteiger partial charge in [-0.25, -0.2) is 0 Å². The van der Waals surface area contributed by atoms with Crippen LogP contribution in [0.4, 0.5) is 11.4 Å². The van der Waals surface area contributed by atoms with Gasteiger partial charge in [0.2, 0.25) is 0 Å². The van der Waals surface area contributed by atoms with Crippen LogP contribution in [0, 0.1) is 0 Å². The van der Waals surface area contributed by atoms with Crippen molar-refractivity contribution in [2.24, 2.45) is 0 Å². The molecule has 24 heavy (non-hydrogen) atoms. The zero-order valence-corrected chi connectivity index (χ0v) is 13.4. The van der Waals surface area contributed by atoms with E-state index in [0.29, 0.717) is 0 Å². The lowest BCUT2D eigenvalue weighted by Gasteiger charge is -2.37. The zero-order valence-electron chi connectivity index (χ0n) is 13.4. The first-order chi connectivity index (χ1) is 11.9. The van der Waals surface area contributed by atoms with Crippen LogP contribution >= 0.6 is 0 Å². The molecule has 4 heterocycles. The van der Waals surface area contributed by atoms with Crippen LogP contribution in [0.1, 0.15) is 0 Å². The fourth-order valence-corrected chi connectivity index (χ4v) is 3.14. The summed E-state index contributed by atoms with van der Waals surface area (Å²) in [6.07, 6.45) is 9.19. The monoisotopic (exact) mass is 317 g/mol. The Morgan fingerprint density at radius 3 is 2.00 bits per heavy atom. The van der Waals surface area contributed by atoms with E-state index in [1.165, 1.54) is 11.4 Å². The standard InChI is InChI=1S/C19H19N5/c1-2-18(19(22-7-1)16-3-8-20-9-4-16)24-14-12-23(13-15-24)17-5-10-21-11-6-17/h1-11H,12-15H2. The van der Waals surface area contributed by atoms with Crippen molar-refractivity contribution in [1.29, 1.82) is 0 Å². The first-order valence-electron chi connectivity index (χ1n) is 8.17. The lowest BCUT2D eigenvalue weighted by atomic mass is 10.1. The summed E-state index contributed by atoms with van der Waals surface area (Å²) in [7, 11) is 0. The van der Waals surface area contributed by atoms with Gasteiger partial charge in [-0.2, -0.15) is 0 Å². The number of hydrogen-bond donors (Lipinski definition) is 0. The molecule has 0 N–H and O–H groups in total. The second kappa shape index (κ2) is 6.66. The van der Waals surface area contributed by atoms with Crippen LogP contribution in [0.3, 0.4) is 0 Å².